The van der Waals surface area contributed by atoms with Gasteiger partial charge in [-0.1, -0.05) is 0 Å². The minimum Gasteiger partial charge on any atom is -0.480 e. The van der Waals surface area contributed by atoms with Gasteiger partial charge in [0, 0.05) is 6.04 Å². The van der Waals surface area contributed by atoms with Crippen molar-refractivity contribution in [3.63, 3.8) is 0 Å². The molecule has 2 aliphatic heterocycles. The molecule has 3 atom stereocenters. The number of nitrogens with zero attached hydrogens (tertiary/aromatic N) is 1. The maximum absolute atomic E-state index is 12.3. The van der Waals surface area contributed by atoms with Crippen LogP contribution in [0.5, 0.6) is 0 Å². The molecule has 3 unspecified atom stereocenters. The number of fused-ring (bicyclic) bond motifs is 2. The Labute approximate surface area is 99.7 Å². The maximum atomic E-state index is 12.3. The second-order valence-corrected chi connectivity index (χ2v) is 5.31. The molecular weight excluding hydrogens is 222 g/mol. The summed E-state index contributed by atoms with van der Waals surface area (Å²) < 4.78 is 5.67. The van der Waals surface area contributed by atoms with Gasteiger partial charge in [0.1, 0.15) is 6.54 Å². The van der Waals surface area contributed by atoms with Crippen LogP contribution in [0.1, 0.15) is 32.1 Å². The lowest BCUT2D eigenvalue weighted by Crippen LogP contribution is -2.43. The van der Waals surface area contributed by atoms with Crippen LogP contribution >= 0.6 is 0 Å². The van der Waals surface area contributed by atoms with Crippen molar-refractivity contribution in [2.45, 2.75) is 50.4 Å². The van der Waals surface area contributed by atoms with Crippen LogP contribution in [0.25, 0.3) is 0 Å². The number of aliphatic carboxylic acids is 1. The topological polar surface area (TPSA) is 66.8 Å². The van der Waals surface area contributed by atoms with Crippen molar-refractivity contribution in [1.82, 2.24) is 4.90 Å². The average molecular weight is 239 g/mol. The molecule has 2 heterocycles. The highest BCUT2D eigenvalue weighted by Gasteiger charge is 2.47. The van der Waals surface area contributed by atoms with Gasteiger partial charge < -0.3 is 14.7 Å². The summed E-state index contributed by atoms with van der Waals surface area (Å²) in [7, 11) is 0. The lowest BCUT2D eigenvalue weighted by Gasteiger charge is -2.26. The first-order valence-electron chi connectivity index (χ1n) is 6.33. The predicted molar refractivity (Wildman–Crippen MR) is 58.4 cm³/mol. The first-order valence-corrected chi connectivity index (χ1v) is 6.33. The van der Waals surface area contributed by atoms with Crippen LogP contribution in [-0.4, -0.2) is 46.7 Å². The van der Waals surface area contributed by atoms with Gasteiger partial charge in [-0.05, 0) is 32.1 Å². The maximum Gasteiger partial charge on any atom is 0.323 e. The number of carbonyl (C=O) groups is 2. The highest BCUT2D eigenvalue weighted by Crippen LogP contribution is 2.41. The van der Waals surface area contributed by atoms with Crippen LogP contribution < -0.4 is 0 Å². The van der Waals surface area contributed by atoms with Crippen LogP contribution in [0.15, 0.2) is 0 Å². The molecule has 3 fully saturated rings. The molecule has 3 rings (SSSR count). The summed E-state index contributed by atoms with van der Waals surface area (Å²) in [5.41, 5.74) is 0. The summed E-state index contributed by atoms with van der Waals surface area (Å²) in [5.74, 6) is -1.01. The number of carboxylic acids is 1. The van der Waals surface area contributed by atoms with E-state index in [0.717, 1.165) is 32.1 Å². The van der Waals surface area contributed by atoms with E-state index >= 15 is 0 Å². The van der Waals surface area contributed by atoms with Crippen molar-refractivity contribution in [2.75, 3.05) is 6.54 Å². The fraction of sp³-hybridized carbons (Fsp3) is 0.833. The molecule has 94 valence electrons. The molecule has 1 N–H and O–H groups in total. The lowest BCUT2D eigenvalue weighted by atomic mass is 9.88. The highest BCUT2D eigenvalue weighted by atomic mass is 16.5. The number of hydrogen-bond acceptors (Lipinski definition) is 3. The molecule has 1 saturated carbocycles. The van der Waals surface area contributed by atoms with Crippen molar-refractivity contribution in [2.24, 2.45) is 5.92 Å². The van der Waals surface area contributed by atoms with E-state index in [9.17, 15) is 9.59 Å². The van der Waals surface area contributed by atoms with E-state index in [1.165, 1.54) is 0 Å². The van der Waals surface area contributed by atoms with Crippen LogP contribution in [-0.2, 0) is 14.3 Å². The van der Waals surface area contributed by atoms with Gasteiger partial charge in [-0.3, -0.25) is 9.59 Å². The van der Waals surface area contributed by atoms with Crippen molar-refractivity contribution in [1.29, 1.82) is 0 Å². The monoisotopic (exact) mass is 239 g/mol. The zero-order valence-corrected chi connectivity index (χ0v) is 9.67. The highest BCUT2D eigenvalue weighted by molar-refractivity contribution is 5.84. The molecule has 17 heavy (non-hydrogen) atoms. The van der Waals surface area contributed by atoms with Gasteiger partial charge in [-0.2, -0.15) is 0 Å². The number of carbonyl (C=O) groups excluding carboxylic acids is 1. The molecule has 0 aromatic rings. The summed E-state index contributed by atoms with van der Waals surface area (Å²) in [6, 6.07) is 0.165. The molecule has 5 heteroatoms. The van der Waals surface area contributed by atoms with Crippen molar-refractivity contribution in [3.05, 3.63) is 0 Å². The number of rotatable bonds is 4. The number of ether oxygens (including phenoxy) is 1. The van der Waals surface area contributed by atoms with Crippen molar-refractivity contribution >= 4 is 11.9 Å². The SMILES string of the molecule is O=C(O)CN(C(=O)C1CC2CCC1O2)C1CC1. The van der Waals surface area contributed by atoms with E-state index in [2.05, 4.69) is 0 Å². The molecular formula is C12H17NO4. The first-order chi connectivity index (χ1) is 8.15. The fourth-order valence-corrected chi connectivity index (χ4v) is 3.03. The predicted octanol–water partition coefficient (Wildman–Crippen LogP) is 0.629. The quantitative estimate of drug-likeness (QED) is 0.781. The van der Waals surface area contributed by atoms with Crippen LogP contribution in [0.2, 0.25) is 0 Å². The molecule has 0 aromatic carbocycles. The molecule has 0 aromatic heterocycles. The molecule has 3 aliphatic rings. The second-order valence-electron chi connectivity index (χ2n) is 5.31. The molecule has 5 nitrogen and oxygen atoms in total. The van der Waals surface area contributed by atoms with E-state index in [0.29, 0.717) is 0 Å². The minimum absolute atomic E-state index is 0.00194. The Morgan fingerprint density at radius 3 is 2.47 bits per heavy atom. The lowest BCUT2D eigenvalue weighted by molar-refractivity contribution is -0.147. The van der Waals surface area contributed by atoms with Gasteiger partial charge in [-0.25, -0.2) is 0 Å². The fourth-order valence-electron chi connectivity index (χ4n) is 3.03. The molecule has 0 radical (unpaired) electrons. The summed E-state index contributed by atoms with van der Waals surface area (Å²) in [6.07, 6.45) is 4.96. The molecule has 2 saturated heterocycles. The third-order valence-corrected chi connectivity index (χ3v) is 4.00. The van der Waals surface area contributed by atoms with Gasteiger partial charge in [0.15, 0.2) is 0 Å². The summed E-state index contributed by atoms with van der Waals surface area (Å²) in [4.78, 5) is 24.7. The van der Waals surface area contributed by atoms with Crippen LogP contribution in [0, 0.1) is 5.92 Å². The number of hydrogen-bond donors (Lipinski definition) is 1. The first kappa shape index (κ1) is 11.0. The average Bonchev–Trinajstić information content (AvgIpc) is 2.92. The van der Waals surface area contributed by atoms with Crippen molar-refractivity contribution in [3.8, 4) is 0 Å². The van der Waals surface area contributed by atoms with Crippen molar-refractivity contribution < 1.29 is 19.4 Å². The second kappa shape index (κ2) is 3.98. The third-order valence-electron chi connectivity index (χ3n) is 4.00. The van der Waals surface area contributed by atoms with Gasteiger partial charge in [0.2, 0.25) is 5.91 Å². The van der Waals surface area contributed by atoms with Gasteiger partial charge in [0.25, 0.3) is 0 Å². The van der Waals surface area contributed by atoms with Crippen LogP contribution in [0.4, 0.5) is 0 Å². The summed E-state index contributed by atoms with van der Waals surface area (Å²) in [5, 5.41) is 8.86. The number of amides is 1. The molecule has 0 spiro atoms. The van der Waals surface area contributed by atoms with Crippen LogP contribution in [0.3, 0.4) is 0 Å². The number of carboxylic acid groups (broad SMARTS) is 1. The van der Waals surface area contributed by atoms with E-state index in [4.69, 9.17) is 9.84 Å². The Morgan fingerprint density at radius 2 is 2.00 bits per heavy atom. The van der Waals surface area contributed by atoms with Gasteiger partial charge in [0.05, 0.1) is 18.1 Å². The molecule has 1 aliphatic carbocycles. The molecule has 2 bridgehead atoms. The van der Waals surface area contributed by atoms with E-state index in [1.54, 1.807) is 4.90 Å². The minimum atomic E-state index is -0.922. The normalized spacial score (nSPS) is 34.9. The van der Waals surface area contributed by atoms with E-state index < -0.39 is 5.97 Å². The Balaban J connectivity index is 1.68. The standard InChI is InChI=1S/C12H17NO4/c14-11(15)6-13(7-1-2-7)12(16)9-5-8-3-4-10(9)17-8/h7-10H,1-6H2,(H,14,15). The zero-order valence-electron chi connectivity index (χ0n) is 9.67. The van der Waals surface area contributed by atoms with Gasteiger partial charge >= 0.3 is 5.97 Å². The Bertz CT molecular complexity index is 352. The van der Waals surface area contributed by atoms with E-state index in [1.807, 2.05) is 0 Å². The van der Waals surface area contributed by atoms with Gasteiger partial charge in [-0.15, -0.1) is 0 Å². The summed E-state index contributed by atoms with van der Waals surface area (Å²) in [6.45, 7) is -0.155. The Hall–Kier alpha value is -1.10. The largest absolute Gasteiger partial charge is 0.480 e. The molecule has 1 amide bonds. The smallest absolute Gasteiger partial charge is 0.323 e. The van der Waals surface area contributed by atoms with E-state index in [-0.39, 0.29) is 36.6 Å². The third kappa shape index (κ3) is 2.04. The Kier molecular flexibility index (Phi) is 2.58. The Morgan fingerprint density at radius 1 is 1.24 bits per heavy atom. The zero-order chi connectivity index (χ0) is 12.0. The summed E-state index contributed by atoms with van der Waals surface area (Å²) >= 11 is 0.